The molecule has 1 heterocycles. The highest BCUT2D eigenvalue weighted by molar-refractivity contribution is 6.88. The third kappa shape index (κ3) is 0.898. The van der Waals surface area contributed by atoms with Crippen molar-refractivity contribution < 1.29 is 11.0 Å². The summed E-state index contributed by atoms with van der Waals surface area (Å²) in [7, 11) is 0. The first kappa shape index (κ1) is 3.27. The summed E-state index contributed by atoms with van der Waals surface area (Å²) in [6.07, 6.45) is 0. The fourth-order valence-electron chi connectivity index (χ4n) is 1.83. The average molecular weight is 186 g/mol. The highest BCUT2D eigenvalue weighted by atomic mass is 14.1. The standard InChI is InChI=1S/C13H11B/c1-14-12-8-4-2-6-10(12)11-7-3-5-9-13(11)14/h2-9H,1H3/i2D,3D,4D,5D,6D,7D,8D,9D. The lowest BCUT2D eigenvalue weighted by Gasteiger charge is -2.00. The molecule has 0 atom stereocenters. The van der Waals surface area contributed by atoms with Crippen LogP contribution in [0.1, 0.15) is 11.0 Å². The van der Waals surface area contributed by atoms with Gasteiger partial charge in [-0.1, -0.05) is 66.1 Å². The molecule has 66 valence electrons. The van der Waals surface area contributed by atoms with Crippen LogP contribution in [0.4, 0.5) is 0 Å². The van der Waals surface area contributed by atoms with E-state index in [1.54, 1.807) is 6.82 Å². The molecule has 0 bridgehead atoms. The molecule has 0 fully saturated rings. The molecule has 0 aliphatic carbocycles. The fraction of sp³-hybridized carbons (Fsp3) is 0.0769. The molecule has 0 N–H and O–H groups in total. The van der Waals surface area contributed by atoms with Crippen molar-refractivity contribution in [2.75, 3.05) is 0 Å². The van der Waals surface area contributed by atoms with Gasteiger partial charge in [0.15, 0.2) is 0 Å². The Labute approximate surface area is 95.9 Å². The molecule has 0 radical (unpaired) electrons. The lowest BCUT2D eigenvalue weighted by atomic mass is 9.45. The molecule has 0 unspecified atom stereocenters. The lowest BCUT2D eigenvalue weighted by Crippen LogP contribution is -2.34. The molecule has 0 aromatic heterocycles. The number of hydrogen-bond acceptors (Lipinski definition) is 0. The average Bonchev–Trinajstić information content (AvgIpc) is 2.80. The van der Waals surface area contributed by atoms with E-state index in [0.29, 0.717) is 10.9 Å². The van der Waals surface area contributed by atoms with Gasteiger partial charge in [-0.05, 0) is 11.1 Å². The Morgan fingerprint density at radius 3 is 1.79 bits per heavy atom. The summed E-state index contributed by atoms with van der Waals surface area (Å²) in [5.74, 6) is 0. The van der Waals surface area contributed by atoms with Crippen molar-refractivity contribution in [1.82, 2.24) is 0 Å². The SMILES string of the molecule is [2H]c1c([2H])c([2H])c2c(c1[2H])B(C)c1c([2H])c([2H])c([2H])c([2H])c1-2. The van der Waals surface area contributed by atoms with Crippen LogP contribution in [0.2, 0.25) is 6.82 Å². The molecule has 2 aromatic rings. The molecular formula is C13H11B. The predicted octanol–water partition coefficient (Wildman–Crippen LogP) is 1.91. The first-order valence-electron chi connectivity index (χ1n) is 8.40. The monoisotopic (exact) mass is 186 g/mol. The van der Waals surface area contributed by atoms with E-state index in [4.69, 9.17) is 11.0 Å². The molecule has 3 rings (SSSR count). The Morgan fingerprint density at radius 2 is 1.29 bits per heavy atom. The van der Waals surface area contributed by atoms with E-state index in [0.717, 1.165) is 0 Å². The molecule has 2 aromatic carbocycles. The summed E-state index contributed by atoms with van der Waals surface area (Å²) in [6, 6.07) is -2.36. The lowest BCUT2D eigenvalue weighted by molar-refractivity contribution is 1.71. The Morgan fingerprint density at radius 1 is 0.857 bits per heavy atom. The van der Waals surface area contributed by atoms with Gasteiger partial charge in [-0.25, -0.2) is 0 Å². The minimum Gasteiger partial charge on any atom is -0.0774 e. The predicted molar refractivity (Wildman–Crippen MR) is 62.8 cm³/mol. The maximum absolute atomic E-state index is 8.08. The van der Waals surface area contributed by atoms with Gasteiger partial charge < -0.3 is 0 Å². The van der Waals surface area contributed by atoms with Crippen molar-refractivity contribution in [3.63, 3.8) is 0 Å². The molecule has 0 amide bonds. The van der Waals surface area contributed by atoms with Crippen LogP contribution in [0.3, 0.4) is 0 Å². The molecule has 0 nitrogen and oxygen atoms in total. The van der Waals surface area contributed by atoms with E-state index in [2.05, 4.69) is 0 Å². The summed E-state index contributed by atoms with van der Waals surface area (Å²) >= 11 is 0. The zero-order valence-corrected chi connectivity index (χ0v) is 7.58. The largest absolute Gasteiger partial charge is 0.207 e. The van der Waals surface area contributed by atoms with Gasteiger partial charge >= 0.3 is 0 Å². The molecule has 0 saturated carbocycles. The van der Waals surface area contributed by atoms with Crippen molar-refractivity contribution in [2.45, 2.75) is 6.82 Å². The van der Waals surface area contributed by atoms with E-state index < -0.39 is 18.8 Å². The van der Waals surface area contributed by atoms with Crippen molar-refractivity contribution >= 4 is 17.6 Å². The minimum atomic E-state index is -0.507. The van der Waals surface area contributed by atoms with E-state index in [1.165, 1.54) is 0 Å². The smallest absolute Gasteiger partial charge is 0.0774 e. The highest BCUT2D eigenvalue weighted by Gasteiger charge is 2.26. The normalized spacial score (nSPS) is 20.5. The molecule has 0 spiro atoms. The second kappa shape index (κ2) is 2.75. The molecule has 1 aliphatic heterocycles. The van der Waals surface area contributed by atoms with Gasteiger partial charge in [0, 0.05) is 0 Å². The highest BCUT2D eigenvalue weighted by Crippen LogP contribution is 2.21. The van der Waals surface area contributed by atoms with Gasteiger partial charge in [0.05, 0.1) is 11.0 Å². The zero-order valence-electron chi connectivity index (χ0n) is 15.6. The van der Waals surface area contributed by atoms with Crippen LogP contribution >= 0.6 is 0 Å². The molecule has 14 heavy (non-hydrogen) atoms. The first-order chi connectivity index (χ1) is 10.2. The van der Waals surface area contributed by atoms with Crippen LogP contribution in [0.5, 0.6) is 0 Å². The van der Waals surface area contributed by atoms with Crippen molar-refractivity contribution in [1.29, 1.82) is 0 Å². The number of rotatable bonds is 0. The van der Waals surface area contributed by atoms with Gasteiger partial charge in [0.1, 0.15) is 0 Å². The van der Waals surface area contributed by atoms with Crippen LogP contribution in [-0.2, 0) is 0 Å². The maximum atomic E-state index is 8.08. The van der Waals surface area contributed by atoms with Crippen molar-refractivity contribution in [2.24, 2.45) is 0 Å². The minimum absolute atomic E-state index is 0.184. The summed E-state index contributed by atoms with van der Waals surface area (Å²) < 4.78 is 63.4. The van der Waals surface area contributed by atoms with E-state index in [1.807, 2.05) is 0 Å². The Kier molecular flexibility index (Phi) is 0.641. The maximum Gasteiger partial charge on any atom is 0.207 e. The summed E-state index contributed by atoms with van der Waals surface area (Å²) in [4.78, 5) is 0. The van der Waals surface area contributed by atoms with Crippen LogP contribution in [0.15, 0.2) is 48.3 Å². The topological polar surface area (TPSA) is 0 Å². The number of fused-ring (bicyclic) bond motifs is 3. The molecule has 1 heteroatoms. The molecular weight excluding hydrogens is 167 g/mol. The third-order valence-corrected chi connectivity index (χ3v) is 2.55. The number of benzene rings is 2. The zero-order chi connectivity index (χ0) is 16.5. The number of hydrogen-bond donors (Lipinski definition) is 0. The van der Waals surface area contributed by atoms with Gasteiger partial charge in [-0.15, -0.1) is 0 Å². The third-order valence-electron chi connectivity index (χ3n) is 2.55. The Balaban J connectivity index is 2.56. The quantitative estimate of drug-likeness (QED) is 0.551. The van der Waals surface area contributed by atoms with E-state index in [9.17, 15) is 0 Å². The molecule has 0 saturated heterocycles. The first-order valence-corrected chi connectivity index (χ1v) is 4.40. The fourth-order valence-corrected chi connectivity index (χ4v) is 1.83. The molecule has 1 aliphatic rings. The summed E-state index contributed by atoms with van der Waals surface area (Å²) in [6.45, 7) is 1.19. The van der Waals surface area contributed by atoms with E-state index >= 15 is 0 Å². The Bertz CT molecular complexity index is 776. The van der Waals surface area contributed by atoms with Gasteiger partial charge in [-0.2, -0.15) is 0 Å². The van der Waals surface area contributed by atoms with Crippen LogP contribution in [0.25, 0.3) is 11.1 Å². The van der Waals surface area contributed by atoms with Crippen molar-refractivity contribution in [3.8, 4) is 11.1 Å². The summed E-state index contributed by atoms with van der Waals surface area (Å²) in [5.41, 5.74) is 1.07. The van der Waals surface area contributed by atoms with Crippen LogP contribution < -0.4 is 10.9 Å². The van der Waals surface area contributed by atoms with Crippen molar-refractivity contribution in [3.05, 3.63) is 48.3 Å². The van der Waals surface area contributed by atoms with Crippen LogP contribution in [0, 0.1) is 0 Å². The Hall–Kier alpha value is -1.50. The van der Waals surface area contributed by atoms with Gasteiger partial charge in [0.25, 0.3) is 0 Å². The summed E-state index contributed by atoms with van der Waals surface area (Å²) in [5, 5.41) is 0. The second-order valence-electron chi connectivity index (χ2n) is 3.30. The van der Waals surface area contributed by atoms with Gasteiger partial charge in [-0.3, -0.25) is 0 Å². The van der Waals surface area contributed by atoms with Gasteiger partial charge in [0.2, 0.25) is 6.71 Å². The second-order valence-corrected chi connectivity index (χ2v) is 3.30. The van der Waals surface area contributed by atoms with E-state index in [-0.39, 0.29) is 47.4 Å². The van der Waals surface area contributed by atoms with Crippen LogP contribution in [-0.4, -0.2) is 6.71 Å².